The number of aryl methyl sites for hydroxylation is 1. The third-order valence-corrected chi connectivity index (χ3v) is 3.53. The fourth-order valence-electron chi connectivity index (χ4n) is 2.24. The number of aliphatic imine (C=N–C) groups is 1. The molecular formula is C16H22IN9. The van der Waals surface area contributed by atoms with Crippen LogP contribution in [0.1, 0.15) is 18.3 Å². The van der Waals surface area contributed by atoms with E-state index in [4.69, 9.17) is 0 Å². The van der Waals surface area contributed by atoms with Crippen LogP contribution < -0.4 is 10.6 Å². The highest BCUT2D eigenvalue weighted by Crippen LogP contribution is 2.07. The molecule has 9 nitrogen and oxygen atoms in total. The van der Waals surface area contributed by atoms with E-state index in [1.165, 1.54) is 6.33 Å². The third-order valence-electron chi connectivity index (χ3n) is 3.53. The highest BCUT2D eigenvalue weighted by molar-refractivity contribution is 14.0. The van der Waals surface area contributed by atoms with E-state index in [1.807, 2.05) is 38.4 Å². The van der Waals surface area contributed by atoms with Gasteiger partial charge in [-0.2, -0.15) is 10.2 Å². The van der Waals surface area contributed by atoms with Gasteiger partial charge in [-0.15, -0.1) is 24.0 Å². The van der Waals surface area contributed by atoms with Crippen molar-refractivity contribution in [3.05, 3.63) is 54.5 Å². The van der Waals surface area contributed by atoms with Gasteiger partial charge in [0.15, 0.2) is 11.8 Å². The Bertz CT molecular complexity index is 826. The average Bonchev–Trinajstić information content (AvgIpc) is 3.29. The number of rotatable bonds is 6. The number of guanidine groups is 1. The first kappa shape index (κ1) is 19.8. The molecule has 0 spiro atoms. The second-order valence-corrected chi connectivity index (χ2v) is 5.32. The monoisotopic (exact) mass is 467 g/mol. The molecule has 3 aromatic rings. The standard InChI is InChI=1S/C16H21N9.HI/c1-3-17-16(20-11-15-21-12-23-24(15)2)19-10-13-5-7-18-14(9-13)25-8-4-6-22-25;/h4-9,12H,3,10-11H2,1-2H3,(H2,17,19,20);1H. The van der Waals surface area contributed by atoms with Crippen molar-refractivity contribution in [3.63, 3.8) is 0 Å². The first-order valence-electron chi connectivity index (χ1n) is 8.06. The molecule has 0 fully saturated rings. The molecule has 3 aromatic heterocycles. The van der Waals surface area contributed by atoms with Crippen molar-refractivity contribution in [2.24, 2.45) is 12.0 Å². The molecule has 0 bridgehead atoms. The summed E-state index contributed by atoms with van der Waals surface area (Å²) in [7, 11) is 1.86. The Balaban J connectivity index is 0.00000243. The zero-order valence-electron chi connectivity index (χ0n) is 14.7. The van der Waals surface area contributed by atoms with Crippen LogP contribution in [0.25, 0.3) is 5.82 Å². The van der Waals surface area contributed by atoms with Gasteiger partial charge < -0.3 is 10.6 Å². The summed E-state index contributed by atoms with van der Waals surface area (Å²) in [5, 5.41) is 14.7. The third kappa shape index (κ3) is 5.25. The second-order valence-electron chi connectivity index (χ2n) is 5.32. The van der Waals surface area contributed by atoms with Crippen LogP contribution in [0, 0.1) is 0 Å². The Hall–Kier alpha value is -2.50. The number of hydrogen-bond acceptors (Lipinski definition) is 5. The summed E-state index contributed by atoms with van der Waals surface area (Å²) in [4.78, 5) is 13.1. The van der Waals surface area contributed by atoms with Gasteiger partial charge in [-0.3, -0.25) is 4.68 Å². The van der Waals surface area contributed by atoms with E-state index in [0.717, 1.165) is 29.7 Å². The van der Waals surface area contributed by atoms with Crippen molar-refractivity contribution in [2.75, 3.05) is 6.54 Å². The quantitative estimate of drug-likeness (QED) is 0.322. The number of nitrogens with one attached hydrogen (secondary N) is 2. The first-order valence-corrected chi connectivity index (χ1v) is 8.06. The molecule has 0 aromatic carbocycles. The Kier molecular flexibility index (Phi) is 7.51. The molecule has 0 amide bonds. The van der Waals surface area contributed by atoms with Gasteiger partial charge in [0.05, 0.1) is 13.1 Å². The predicted molar refractivity (Wildman–Crippen MR) is 109 cm³/mol. The van der Waals surface area contributed by atoms with Gasteiger partial charge in [0.25, 0.3) is 0 Å². The van der Waals surface area contributed by atoms with Gasteiger partial charge in [-0.25, -0.2) is 19.6 Å². The first-order chi connectivity index (χ1) is 12.3. The second kappa shape index (κ2) is 9.85. The average molecular weight is 467 g/mol. The molecule has 10 heteroatoms. The minimum atomic E-state index is 0. The zero-order chi connectivity index (χ0) is 17.5. The molecule has 0 aliphatic rings. The molecule has 3 rings (SSSR count). The van der Waals surface area contributed by atoms with Crippen molar-refractivity contribution >= 4 is 29.9 Å². The maximum Gasteiger partial charge on any atom is 0.191 e. The predicted octanol–water partition coefficient (Wildman–Crippen LogP) is 1.27. The van der Waals surface area contributed by atoms with E-state index in [9.17, 15) is 0 Å². The lowest BCUT2D eigenvalue weighted by molar-refractivity contribution is 0.673. The minimum absolute atomic E-state index is 0. The molecule has 138 valence electrons. The van der Waals surface area contributed by atoms with Gasteiger partial charge in [-0.1, -0.05) is 0 Å². The number of pyridine rings is 1. The summed E-state index contributed by atoms with van der Waals surface area (Å²) in [6.07, 6.45) is 6.89. The molecule has 0 unspecified atom stereocenters. The molecule has 0 radical (unpaired) electrons. The molecular weight excluding hydrogens is 445 g/mol. The SMILES string of the molecule is CCNC(=NCc1ccnc(-n2cccn2)c1)NCc1ncnn1C.I. The van der Waals surface area contributed by atoms with Crippen molar-refractivity contribution in [3.8, 4) is 5.82 Å². The fraction of sp³-hybridized carbons (Fsp3) is 0.312. The topological polar surface area (TPSA) is 97.8 Å². The largest absolute Gasteiger partial charge is 0.357 e. The number of aromatic nitrogens is 6. The van der Waals surface area contributed by atoms with Crippen LogP contribution in [0.5, 0.6) is 0 Å². The normalized spacial score (nSPS) is 11.1. The van der Waals surface area contributed by atoms with Crippen LogP contribution in [0.4, 0.5) is 0 Å². The smallest absolute Gasteiger partial charge is 0.191 e. The maximum atomic E-state index is 4.61. The van der Waals surface area contributed by atoms with Crippen molar-refractivity contribution in [2.45, 2.75) is 20.0 Å². The molecule has 0 saturated heterocycles. The molecule has 2 N–H and O–H groups in total. The van der Waals surface area contributed by atoms with Crippen molar-refractivity contribution < 1.29 is 0 Å². The number of halogens is 1. The van der Waals surface area contributed by atoms with Gasteiger partial charge >= 0.3 is 0 Å². The summed E-state index contributed by atoms with van der Waals surface area (Å²) >= 11 is 0. The molecule has 3 heterocycles. The van der Waals surface area contributed by atoms with Gasteiger partial charge in [0, 0.05) is 32.2 Å². The number of hydrogen-bond donors (Lipinski definition) is 2. The van der Waals surface area contributed by atoms with E-state index < -0.39 is 0 Å². The Labute approximate surface area is 169 Å². The van der Waals surface area contributed by atoms with E-state index >= 15 is 0 Å². The summed E-state index contributed by atoms with van der Waals surface area (Å²) in [6, 6.07) is 5.79. The van der Waals surface area contributed by atoms with Crippen LogP contribution in [-0.2, 0) is 20.1 Å². The van der Waals surface area contributed by atoms with E-state index in [-0.39, 0.29) is 24.0 Å². The minimum Gasteiger partial charge on any atom is -0.357 e. The Morgan fingerprint density at radius 2 is 2.08 bits per heavy atom. The highest BCUT2D eigenvalue weighted by Gasteiger charge is 2.04. The van der Waals surface area contributed by atoms with Crippen molar-refractivity contribution in [1.82, 2.24) is 40.2 Å². The maximum absolute atomic E-state index is 4.61. The Morgan fingerprint density at radius 3 is 2.77 bits per heavy atom. The fourth-order valence-corrected chi connectivity index (χ4v) is 2.24. The lowest BCUT2D eigenvalue weighted by Gasteiger charge is -2.11. The van der Waals surface area contributed by atoms with Crippen LogP contribution in [-0.4, -0.2) is 42.0 Å². The van der Waals surface area contributed by atoms with Crippen molar-refractivity contribution in [1.29, 1.82) is 0 Å². The van der Waals surface area contributed by atoms with Crippen LogP contribution in [0.2, 0.25) is 0 Å². The van der Waals surface area contributed by atoms with Crippen LogP contribution in [0.15, 0.2) is 48.1 Å². The zero-order valence-corrected chi connectivity index (χ0v) is 17.0. The molecule has 0 aliphatic carbocycles. The summed E-state index contributed by atoms with van der Waals surface area (Å²) in [6.45, 7) is 3.89. The van der Waals surface area contributed by atoms with Gasteiger partial charge in [0.1, 0.15) is 12.2 Å². The highest BCUT2D eigenvalue weighted by atomic mass is 127. The van der Waals surface area contributed by atoms with E-state index in [1.54, 1.807) is 21.8 Å². The van der Waals surface area contributed by atoms with E-state index in [0.29, 0.717) is 13.1 Å². The van der Waals surface area contributed by atoms with Crippen LogP contribution in [0.3, 0.4) is 0 Å². The summed E-state index contributed by atoms with van der Waals surface area (Å²) in [5.74, 6) is 2.34. The molecule has 0 atom stereocenters. The molecule has 26 heavy (non-hydrogen) atoms. The van der Waals surface area contributed by atoms with Gasteiger partial charge in [-0.05, 0) is 30.7 Å². The number of nitrogens with zero attached hydrogens (tertiary/aromatic N) is 7. The molecule has 0 aliphatic heterocycles. The Morgan fingerprint density at radius 1 is 1.19 bits per heavy atom. The van der Waals surface area contributed by atoms with Crippen LogP contribution >= 0.6 is 24.0 Å². The summed E-state index contributed by atoms with van der Waals surface area (Å²) < 4.78 is 3.46. The lowest BCUT2D eigenvalue weighted by atomic mass is 10.2. The molecule has 0 saturated carbocycles. The van der Waals surface area contributed by atoms with E-state index in [2.05, 4.69) is 35.8 Å². The van der Waals surface area contributed by atoms with Gasteiger partial charge in [0.2, 0.25) is 0 Å². The lowest BCUT2D eigenvalue weighted by Crippen LogP contribution is -2.37. The summed E-state index contributed by atoms with van der Waals surface area (Å²) in [5.41, 5.74) is 1.05.